The van der Waals surface area contributed by atoms with Gasteiger partial charge in [0.2, 0.25) is 0 Å². The molecule has 2 N–H and O–H groups in total. The molecule has 2 heteroatoms. The summed E-state index contributed by atoms with van der Waals surface area (Å²) in [4.78, 5) is 2.49. The van der Waals surface area contributed by atoms with Crippen molar-refractivity contribution >= 4 is 0 Å². The van der Waals surface area contributed by atoms with Crippen LogP contribution in [0.4, 0.5) is 0 Å². The second kappa shape index (κ2) is 6.35. The highest BCUT2D eigenvalue weighted by Crippen LogP contribution is 2.25. The normalized spacial score (nSPS) is 13.9. The number of benzene rings is 1. The van der Waals surface area contributed by atoms with E-state index in [4.69, 9.17) is 5.73 Å². The van der Waals surface area contributed by atoms with Crippen molar-refractivity contribution in [1.82, 2.24) is 4.90 Å². The van der Waals surface area contributed by atoms with E-state index in [0.717, 1.165) is 13.1 Å². The lowest BCUT2D eigenvalue weighted by Gasteiger charge is -2.39. The van der Waals surface area contributed by atoms with Gasteiger partial charge < -0.3 is 5.73 Å². The molecule has 0 aliphatic heterocycles. The molecule has 0 aliphatic rings. The van der Waals surface area contributed by atoms with Crippen molar-refractivity contribution in [2.75, 3.05) is 13.1 Å². The topological polar surface area (TPSA) is 29.3 Å². The lowest BCUT2D eigenvalue weighted by molar-refractivity contribution is 0.103. The molecule has 18 heavy (non-hydrogen) atoms. The van der Waals surface area contributed by atoms with Crippen LogP contribution in [-0.2, 0) is 6.54 Å². The summed E-state index contributed by atoms with van der Waals surface area (Å²) < 4.78 is 0. The fourth-order valence-corrected chi connectivity index (χ4v) is 2.50. The molecule has 0 fully saturated rings. The Morgan fingerprint density at radius 3 is 2.28 bits per heavy atom. The number of nitrogens with zero attached hydrogens (tertiary/aromatic N) is 1. The van der Waals surface area contributed by atoms with Gasteiger partial charge in [-0.15, -0.1) is 0 Å². The molecule has 102 valence electrons. The zero-order valence-electron chi connectivity index (χ0n) is 12.5. The van der Waals surface area contributed by atoms with Gasteiger partial charge in [-0.2, -0.15) is 0 Å². The van der Waals surface area contributed by atoms with Crippen molar-refractivity contribution in [3.63, 3.8) is 0 Å². The van der Waals surface area contributed by atoms with E-state index >= 15 is 0 Å². The zero-order valence-corrected chi connectivity index (χ0v) is 12.5. The van der Waals surface area contributed by atoms with E-state index in [0.29, 0.717) is 12.6 Å². The van der Waals surface area contributed by atoms with Crippen LogP contribution in [0.25, 0.3) is 0 Å². The summed E-state index contributed by atoms with van der Waals surface area (Å²) in [6, 6.07) is 9.03. The van der Waals surface area contributed by atoms with Crippen molar-refractivity contribution in [1.29, 1.82) is 0 Å². The molecular formula is C16H28N2. The Morgan fingerprint density at radius 2 is 1.83 bits per heavy atom. The first kappa shape index (κ1) is 15.2. The van der Waals surface area contributed by atoms with E-state index in [9.17, 15) is 0 Å². The molecule has 1 rings (SSSR count). The fourth-order valence-electron chi connectivity index (χ4n) is 2.50. The highest BCUT2D eigenvalue weighted by Gasteiger charge is 2.28. The molecular weight excluding hydrogens is 220 g/mol. The van der Waals surface area contributed by atoms with Crippen LogP contribution >= 0.6 is 0 Å². The van der Waals surface area contributed by atoms with Crippen LogP contribution in [0.3, 0.4) is 0 Å². The van der Waals surface area contributed by atoms with Crippen molar-refractivity contribution < 1.29 is 0 Å². The molecule has 0 saturated carbocycles. The largest absolute Gasteiger partial charge is 0.329 e. The predicted octanol–water partition coefficient (Wildman–Crippen LogP) is 3.19. The first-order valence-electron chi connectivity index (χ1n) is 6.88. The van der Waals surface area contributed by atoms with E-state index < -0.39 is 0 Å². The number of hydrogen-bond acceptors (Lipinski definition) is 2. The smallest absolute Gasteiger partial charge is 0.0270 e. The van der Waals surface area contributed by atoms with Gasteiger partial charge in [-0.25, -0.2) is 0 Å². The van der Waals surface area contributed by atoms with Gasteiger partial charge in [-0.05, 0) is 30.0 Å². The molecule has 2 nitrogen and oxygen atoms in total. The van der Waals surface area contributed by atoms with Crippen molar-refractivity contribution in [3.8, 4) is 0 Å². The van der Waals surface area contributed by atoms with Gasteiger partial charge in [-0.3, -0.25) is 4.90 Å². The molecule has 1 atom stereocenters. The van der Waals surface area contributed by atoms with Crippen LogP contribution in [0.15, 0.2) is 24.3 Å². The number of likely N-dealkylation sites (N-methyl/N-ethyl adjacent to an activating group) is 1. The molecule has 0 bridgehead atoms. The predicted molar refractivity (Wildman–Crippen MR) is 79.6 cm³/mol. The van der Waals surface area contributed by atoms with Crippen LogP contribution in [0.2, 0.25) is 0 Å². The van der Waals surface area contributed by atoms with Gasteiger partial charge in [0.05, 0.1) is 0 Å². The van der Waals surface area contributed by atoms with Crippen LogP contribution in [-0.4, -0.2) is 24.0 Å². The van der Waals surface area contributed by atoms with Crippen LogP contribution in [0.5, 0.6) is 0 Å². The molecule has 0 radical (unpaired) electrons. The molecule has 0 heterocycles. The summed E-state index contributed by atoms with van der Waals surface area (Å²) in [5.74, 6) is 0. The minimum absolute atomic E-state index is 0.216. The average Bonchev–Trinajstić information content (AvgIpc) is 2.29. The van der Waals surface area contributed by atoms with E-state index in [2.05, 4.69) is 63.8 Å². The third-order valence-corrected chi connectivity index (χ3v) is 3.70. The van der Waals surface area contributed by atoms with Gasteiger partial charge in [0.25, 0.3) is 0 Å². The number of hydrogen-bond donors (Lipinski definition) is 1. The Kier molecular flexibility index (Phi) is 5.36. The first-order valence-corrected chi connectivity index (χ1v) is 6.88. The van der Waals surface area contributed by atoms with Crippen molar-refractivity contribution in [2.45, 2.75) is 47.2 Å². The summed E-state index contributed by atoms with van der Waals surface area (Å²) in [6.45, 7) is 13.9. The van der Waals surface area contributed by atoms with Crippen molar-refractivity contribution in [2.24, 2.45) is 11.1 Å². The van der Waals surface area contributed by atoms with Gasteiger partial charge in [0.1, 0.15) is 0 Å². The van der Waals surface area contributed by atoms with E-state index in [1.807, 2.05) is 0 Å². The SMILES string of the molecule is CCN(Cc1ccccc1C)C(CN)C(C)(C)C. The summed E-state index contributed by atoms with van der Waals surface area (Å²) in [7, 11) is 0. The lowest BCUT2D eigenvalue weighted by atomic mass is 9.85. The summed E-state index contributed by atoms with van der Waals surface area (Å²) in [5.41, 5.74) is 8.97. The molecule has 0 amide bonds. The Hall–Kier alpha value is -0.860. The monoisotopic (exact) mass is 248 g/mol. The Labute approximate surface area is 112 Å². The number of aryl methyl sites for hydroxylation is 1. The van der Waals surface area contributed by atoms with Gasteiger partial charge >= 0.3 is 0 Å². The summed E-state index contributed by atoms with van der Waals surface area (Å²) >= 11 is 0. The molecule has 0 saturated heterocycles. The molecule has 1 aromatic carbocycles. The van der Waals surface area contributed by atoms with Crippen LogP contribution in [0, 0.1) is 12.3 Å². The molecule has 1 unspecified atom stereocenters. The Bertz CT molecular complexity index is 366. The van der Waals surface area contributed by atoms with Crippen LogP contribution < -0.4 is 5.73 Å². The molecule has 0 spiro atoms. The second-order valence-corrected chi connectivity index (χ2v) is 6.11. The minimum atomic E-state index is 0.216. The Balaban J connectivity index is 2.88. The highest BCUT2D eigenvalue weighted by molar-refractivity contribution is 5.25. The van der Waals surface area contributed by atoms with E-state index in [-0.39, 0.29) is 5.41 Å². The quantitative estimate of drug-likeness (QED) is 0.867. The van der Waals surface area contributed by atoms with E-state index in [1.165, 1.54) is 11.1 Å². The summed E-state index contributed by atoms with van der Waals surface area (Å²) in [5, 5.41) is 0. The number of nitrogens with two attached hydrogens (primary N) is 1. The van der Waals surface area contributed by atoms with Gasteiger partial charge in [0, 0.05) is 19.1 Å². The Morgan fingerprint density at radius 1 is 1.22 bits per heavy atom. The maximum absolute atomic E-state index is 5.99. The van der Waals surface area contributed by atoms with E-state index in [1.54, 1.807) is 0 Å². The average molecular weight is 248 g/mol. The van der Waals surface area contributed by atoms with Crippen LogP contribution in [0.1, 0.15) is 38.8 Å². The van der Waals surface area contributed by atoms with Gasteiger partial charge in [0.15, 0.2) is 0 Å². The van der Waals surface area contributed by atoms with Gasteiger partial charge in [-0.1, -0.05) is 52.0 Å². The second-order valence-electron chi connectivity index (χ2n) is 6.11. The lowest BCUT2D eigenvalue weighted by Crippen LogP contribution is -2.48. The third kappa shape index (κ3) is 3.82. The fraction of sp³-hybridized carbons (Fsp3) is 0.625. The maximum Gasteiger partial charge on any atom is 0.0270 e. The molecule has 1 aromatic rings. The maximum atomic E-state index is 5.99. The highest BCUT2D eigenvalue weighted by atomic mass is 15.2. The minimum Gasteiger partial charge on any atom is -0.329 e. The number of rotatable bonds is 5. The third-order valence-electron chi connectivity index (χ3n) is 3.70. The zero-order chi connectivity index (χ0) is 13.8. The standard InChI is InChI=1S/C16H28N2/c1-6-18(15(11-17)16(3,4)5)12-14-10-8-7-9-13(14)2/h7-10,15H,6,11-12,17H2,1-5H3. The van der Waals surface area contributed by atoms with Crippen molar-refractivity contribution in [3.05, 3.63) is 35.4 Å². The first-order chi connectivity index (χ1) is 8.40. The molecule has 0 aliphatic carbocycles. The summed E-state index contributed by atoms with van der Waals surface area (Å²) in [6.07, 6.45) is 0. The molecule has 0 aromatic heterocycles.